The lowest BCUT2D eigenvalue weighted by atomic mass is 9.98. The van der Waals surface area contributed by atoms with Gasteiger partial charge < -0.3 is 29.7 Å². The highest BCUT2D eigenvalue weighted by molar-refractivity contribution is 6.55. The third-order valence-electron chi connectivity index (χ3n) is 5.79. The molecule has 0 aliphatic carbocycles. The first kappa shape index (κ1) is 19.0. The maximum Gasteiger partial charge on any atom is 0.215 e. The molecule has 8 heteroatoms. The fraction of sp³-hybridized carbons (Fsp3) is 0.273. The van der Waals surface area contributed by atoms with Crippen molar-refractivity contribution in [2.24, 2.45) is 4.99 Å². The molecule has 8 nitrogen and oxygen atoms in total. The molecule has 2 aliphatic rings. The summed E-state index contributed by atoms with van der Waals surface area (Å²) in [5.74, 6) is -0.529. The summed E-state index contributed by atoms with van der Waals surface area (Å²) in [4.78, 5) is 17.5. The standard InChI is InChI=1S/C22H20N2O6/c1-10-17(25)20(28)21(29)22(30-10)24-14-9-5-3-7-12(14)19(27)16(24)15-18(26)11-6-2-4-8-13(11)23-15/h2-10,17,20-22,25,27-29H,1H3/t10-,17-,20+,21+,22+/m0/s1. The van der Waals surface area contributed by atoms with Gasteiger partial charge in [0.15, 0.2) is 12.0 Å². The fourth-order valence-corrected chi connectivity index (χ4v) is 4.20. The van der Waals surface area contributed by atoms with Crippen molar-refractivity contribution in [3.63, 3.8) is 0 Å². The van der Waals surface area contributed by atoms with E-state index in [2.05, 4.69) is 4.99 Å². The predicted molar refractivity (Wildman–Crippen MR) is 108 cm³/mol. The van der Waals surface area contributed by atoms with E-state index in [4.69, 9.17) is 4.74 Å². The minimum absolute atomic E-state index is 0.0222. The number of hydrogen-bond donors (Lipinski definition) is 4. The van der Waals surface area contributed by atoms with Gasteiger partial charge in [0, 0.05) is 10.9 Å². The van der Waals surface area contributed by atoms with Gasteiger partial charge in [-0.1, -0.05) is 24.3 Å². The molecule has 30 heavy (non-hydrogen) atoms. The highest BCUT2D eigenvalue weighted by atomic mass is 16.5. The topological polar surface area (TPSA) is 125 Å². The number of aliphatic hydroxyl groups excluding tert-OH is 3. The van der Waals surface area contributed by atoms with Crippen LogP contribution in [-0.2, 0) is 4.74 Å². The van der Waals surface area contributed by atoms with Crippen LogP contribution < -0.4 is 0 Å². The Morgan fingerprint density at radius 3 is 2.43 bits per heavy atom. The summed E-state index contributed by atoms with van der Waals surface area (Å²) in [6, 6.07) is 13.7. The number of aromatic nitrogens is 1. The van der Waals surface area contributed by atoms with Gasteiger partial charge in [-0.25, -0.2) is 4.99 Å². The van der Waals surface area contributed by atoms with Crippen LogP contribution >= 0.6 is 0 Å². The van der Waals surface area contributed by atoms with Crippen LogP contribution in [0.3, 0.4) is 0 Å². The van der Waals surface area contributed by atoms with Crippen LogP contribution in [0.5, 0.6) is 5.75 Å². The summed E-state index contributed by atoms with van der Waals surface area (Å²) in [5.41, 5.74) is 1.52. The lowest BCUT2D eigenvalue weighted by molar-refractivity contribution is -0.239. The largest absolute Gasteiger partial charge is 0.505 e. The maximum absolute atomic E-state index is 13.1. The third kappa shape index (κ3) is 2.55. The molecule has 1 aromatic heterocycles. The number of carbonyl (C=O) groups excluding carboxylic acids is 1. The number of benzene rings is 2. The van der Waals surface area contributed by atoms with Crippen LogP contribution in [0.1, 0.15) is 29.2 Å². The first-order chi connectivity index (χ1) is 14.4. The van der Waals surface area contributed by atoms with Crippen LogP contribution in [0.4, 0.5) is 5.69 Å². The van der Waals surface area contributed by atoms with E-state index in [1.54, 1.807) is 55.5 Å². The number of ketones is 1. The first-order valence-electron chi connectivity index (χ1n) is 9.64. The molecule has 2 aromatic carbocycles. The summed E-state index contributed by atoms with van der Waals surface area (Å²) in [6.45, 7) is 1.58. The number of hydrogen-bond acceptors (Lipinski definition) is 7. The van der Waals surface area contributed by atoms with Gasteiger partial charge in [-0.15, -0.1) is 0 Å². The summed E-state index contributed by atoms with van der Waals surface area (Å²) >= 11 is 0. The van der Waals surface area contributed by atoms with E-state index in [1.165, 1.54) is 4.57 Å². The van der Waals surface area contributed by atoms with E-state index >= 15 is 0 Å². The molecule has 154 valence electrons. The molecule has 3 aromatic rings. The molecule has 5 atom stereocenters. The van der Waals surface area contributed by atoms with Gasteiger partial charge in [-0.2, -0.15) is 0 Å². The molecule has 3 heterocycles. The second kappa shape index (κ2) is 6.75. The highest BCUT2D eigenvalue weighted by Gasteiger charge is 2.45. The molecule has 4 N–H and O–H groups in total. The van der Waals surface area contributed by atoms with Crippen molar-refractivity contribution < 1.29 is 30.0 Å². The van der Waals surface area contributed by atoms with E-state index in [-0.39, 0.29) is 22.9 Å². The maximum atomic E-state index is 13.1. The lowest BCUT2D eigenvalue weighted by Crippen LogP contribution is -2.54. The number of para-hydroxylation sites is 2. The smallest absolute Gasteiger partial charge is 0.215 e. The van der Waals surface area contributed by atoms with Crippen molar-refractivity contribution in [3.8, 4) is 5.75 Å². The molecule has 5 rings (SSSR count). The average molecular weight is 408 g/mol. The molecule has 0 spiro atoms. The molecule has 0 saturated carbocycles. The predicted octanol–water partition coefficient (Wildman–Crippen LogP) is 1.66. The SMILES string of the molecule is C[C@@H]1O[C@@H](n2c(C3=Nc4ccccc4C3=O)c(O)c3ccccc32)[C@H](O)[C@H](O)[C@H]1O. The lowest BCUT2D eigenvalue weighted by Gasteiger charge is -2.40. The van der Waals surface area contributed by atoms with Crippen molar-refractivity contribution in [3.05, 3.63) is 59.8 Å². The number of aromatic hydroxyl groups is 1. The van der Waals surface area contributed by atoms with Crippen molar-refractivity contribution >= 4 is 28.1 Å². The molecule has 1 saturated heterocycles. The summed E-state index contributed by atoms with van der Waals surface area (Å²) in [6.07, 6.45) is -6.18. The Kier molecular flexibility index (Phi) is 4.26. The monoisotopic (exact) mass is 408 g/mol. The van der Waals surface area contributed by atoms with Crippen molar-refractivity contribution in [1.29, 1.82) is 0 Å². The van der Waals surface area contributed by atoms with Gasteiger partial charge in [0.1, 0.15) is 29.7 Å². The van der Waals surface area contributed by atoms with Gasteiger partial charge in [0.05, 0.1) is 17.3 Å². The summed E-state index contributed by atoms with van der Waals surface area (Å²) in [7, 11) is 0. The Hall–Kier alpha value is -3.04. The first-order valence-corrected chi connectivity index (χ1v) is 9.64. The zero-order valence-electron chi connectivity index (χ0n) is 16.0. The zero-order valence-corrected chi connectivity index (χ0v) is 16.0. The van der Waals surface area contributed by atoms with Crippen LogP contribution in [0.2, 0.25) is 0 Å². The van der Waals surface area contributed by atoms with E-state index in [0.29, 0.717) is 22.2 Å². The number of aliphatic imine (C=N–C) groups is 1. The number of nitrogens with zero attached hydrogens (tertiary/aromatic N) is 2. The molecular weight excluding hydrogens is 388 g/mol. The quantitative estimate of drug-likeness (QED) is 0.511. The van der Waals surface area contributed by atoms with E-state index in [9.17, 15) is 25.2 Å². The van der Waals surface area contributed by atoms with Gasteiger partial charge in [0.25, 0.3) is 0 Å². The minimum atomic E-state index is -1.50. The van der Waals surface area contributed by atoms with Gasteiger partial charge >= 0.3 is 0 Å². The van der Waals surface area contributed by atoms with Crippen LogP contribution in [-0.4, -0.2) is 60.9 Å². The van der Waals surface area contributed by atoms with Crippen LogP contribution in [0, 0.1) is 0 Å². The average Bonchev–Trinajstić information content (AvgIpc) is 3.24. The fourth-order valence-electron chi connectivity index (χ4n) is 4.20. The van der Waals surface area contributed by atoms with Crippen molar-refractivity contribution in [1.82, 2.24) is 4.57 Å². The number of aliphatic hydroxyl groups is 3. The van der Waals surface area contributed by atoms with E-state index < -0.39 is 30.6 Å². The molecule has 0 radical (unpaired) electrons. The zero-order chi connectivity index (χ0) is 21.2. The minimum Gasteiger partial charge on any atom is -0.505 e. The van der Waals surface area contributed by atoms with Crippen molar-refractivity contribution in [2.45, 2.75) is 37.6 Å². The van der Waals surface area contributed by atoms with Crippen molar-refractivity contribution in [2.75, 3.05) is 0 Å². The Morgan fingerprint density at radius 2 is 1.67 bits per heavy atom. The summed E-state index contributed by atoms with van der Waals surface area (Å²) in [5, 5.41) is 42.6. The van der Waals surface area contributed by atoms with Crippen LogP contribution in [0.25, 0.3) is 10.9 Å². The highest BCUT2D eigenvalue weighted by Crippen LogP contribution is 2.41. The summed E-state index contributed by atoms with van der Waals surface area (Å²) < 4.78 is 7.30. The Balaban J connectivity index is 1.75. The second-order valence-corrected chi connectivity index (χ2v) is 7.59. The number of fused-ring (bicyclic) bond motifs is 2. The Bertz CT molecular complexity index is 1200. The molecule has 0 bridgehead atoms. The number of Topliss-reactive ketones (excluding diaryl/α,β-unsaturated/α-hetero) is 1. The van der Waals surface area contributed by atoms with Crippen LogP contribution in [0.15, 0.2) is 53.5 Å². The molecule has 0 unspecified atom stereocenters. The van der Waals surface area contributed by atoms with E-state index in [1.807, 2.05) is 0 Å². The van der Waals surface area contributed by atoms with Gasteiger partial charge in [0.2, 0.25) is 5.78 Å². The Labute approximate surface area is 171 Å². The number of ether oxygens (including phenoxy) is 1. The molecule has 0 amide bonds. The molecular formula is C22H20N2O6. The van der Waals surface area contributed by atoms with E-state index in [0.717, 1.165) is 0 Å². The third-order valence-corrected chi connectivity index (χ3v) is 5.79. The van der Waals surface area contributed by atoms with Gasteiger partial charge in [-0.3, -0.25) is 4.79 Å². The molecule has 1 fully saturated rings. The molecule has 2 aliphatic heterocycles. The number of rotatable bonds is 2. The second-order valence-electron chi connectivity index (χ2n) is 7.59. The van der Waals surface area contributed by atoms with Gasteiger partial charge in [-0.05, 0) is 31.2 Å². The normalized spacial score (nSPS) is 28.6. The number of carbonyl (C=O) groups is 1. The Morgan fingerprint density at radius 1 is 0.967 bits per heavy atom.